The molecule has 0 bridgehead atoms. The van der Waals surface area contributed by atoms with Gasteiger partial charge in [-0.05, 0) is 42.3 Å². The van der Waals surface area contributed by atoms with E-state index in [1.54, 1.807) is 43.5 Å². The SMILES string of the molecule is COc1cccc(NC2=C(c3ccc(C)cc3)C(=O)N(Cc3ccc(F)cc3)C2=O)c1. The molecule has 0 spiro atoms. The van der Waals surface area contributed by atoms with Crippen LogP contribution in [0.15, 0.2) is 78.5 Å². The molecule has 0 radical (unpaired) electrons. The summed E-state index contributed by atoms with van der Waals surface area (Å²) in [6.45, 7) is 2.01. The highest BCUT2D eigenvalue weighted by atomic mass is 19.1. The molecule has 1 N–H and O–H groups in total. The van der Waals surface area contributed by atoms with Gasteiger partial charge in [0.1, 0.15) is 17.3 Å². The van der Waals surface area contributed by atoms with Crippen LogP contribution >= 0.6 is 0 Å². The summed E-state index contributed by atoms with van der Waals surface area (Å²) in [5, 5.41) is 3.11. The van der Waals surface area contributed by atoms with Gasteiger partial charge in [-0.3, -0.25) is 14.5 Å². The minimum absolute atomic E-state index is 0.0522. The molecule has 1 heterocycles. The summed E-state index contributed by atoms with van der Waals surface area (Å²) in [6.07, 6.45) is 0. The summed E-state index contributed by atoms with van der Waals surface area (Å²) >= 11 is 0. The van der Waals surface area contributed by atoms with Crippen LogP contribution in [0, 0.1) is 12.7 Å². The van der Waals surface area contributed by atoms with Crippen molar-refractivity contribution < 1.29 is 18.7 Å². The lowest BCUT2D eigenvalue weighted by Crippen LogP contribution is -2.32. The third-order valence-electron chi connectivity index (χ3n) is 5.10. The van der Waals surface area contributed by atoms with Crippen molar-refractivity contribution in [1.29, 1.82) is 0 Å². The van der Waals surface area contributed by atoms with Gasteiger partial charge < -0.3 is 10.1 Å². The Morgan fingerprint density at radius 1 is 0.935 bits per heavy atom. The summed E-state index contributed by atoms with van der Waals surface area (Å²) in [7, 11) is 1.56. The summed E-state index contributed by atoms with van der Waals surface area (Å²) in [4.78, 5) is 27.8. The summed E-state index contributed by atoms with van der Waals surface area (Å²) in [5.41, 5.74) is 3.49. The molecule has 2 amide bonds. The maximum atomic E-state index is 13.3. The third kappa shape index (κ3) is 4.19. The molecule has 156 valence electrons. The van der Waals surface area contributed by atoms with Gasteiger partial charge in [-0.15, -0.1) is 0 Å². The van der Waals surface area contributed by atoms with Crippen LogP contribution in [0.3, 0.4) is 0 Å². The van der Waals surface area contributed by atoms with Crippen molar-refractivity contribution in [2.24, 2.45) is 0 Å². The summed E-state index contributed by atoms with van der Waals surface area (Å²) < 4.78 is 18.5. The molecule has 3 aromatic rings. The average molecular weight is 416 g/mol. The Morgan fingerprint density at radius 2 is 1.65 bits per heavy atom. The van der Waals surface area contributed by atoms with E-state index in [9.17, 15) is 14.0 Å². The number of methoxy groups -OCH3 is 1. The first-order valence-corrected chi connectivity index (χ1v) is 9.79. The molecule has 1 aliphatic heterocycles. The molecule has 5 nitrogen and oxygen atoms in total. The van der Waals surface area contributed by atoms with Gasteiger partial charge in [-0.2, -0.15) is 0 Å². The largest absolute Gasteiger partial charge is 0.497 e. The first-order valence-electron chi connectivity index (χ1n) is 9.79. The summed E-state index contributed by atoms with van der Waals surface area (Å²) in [5.74, 6) is -0.583. The number of nitrogens with one attached hydrogen (secondary N) is 1. The van der Waals surface area contributed by atoms with Crippen LogP contribution in [0.4, 0.5) is 10.1 Å². The molecule has 4 rings (SSSR count). The predicted octanol–water partition coefficient (Wildman–Crippen LogP) is 4.53. The molecular formula is C25H21FN2O3. The fraction of sp³-hybridized carbons (Fsp3) is 0.120. The number of hydrogen-bond acceptors (Lipinski definition) is 4. The highest BCUT2D eigenvalue weighted by Crippen LogP contribution is 2.32. The van der Waals surface area contributed by atoms with Crippen molar-refractivity contribution in [3.05, 3.63) is 101 Å². The molecule has 6 heteroatoms. The Bertz CT molecular complexity index is 1170. The van der Waals surface area contributed by atoms with Gasteiger partial charge in [-0.1, -0.05) is 48.0 Å². The first-order chi connectivity index (χ1) is 15.0. The number of imide groups is 1. The quantitative estimate of drug-likeness (QED) is 0.600. The van der Waals surface area contributed by atoms with Gasteiger partial charge in [-0.25, -0.2) is 4.39 Å². The van der Waals surface area contributed by atoms with E-state index in [4.69, 9.17) is 4.74 Å². The minimum Gasteiger partial charge on any atom is -0.497 e. The number of anilines is 1. The van der Waals surface area contributed by atoms with E-state index >= 15 is 0 Å². The van der Waals surface area contributed by atoms with E-state index in [1.165, 1.54) is 17.0 Å². The van der Waals surface area contributed by atoms with Crippen LogP contribution in [0.1, 0.15) is 16.7 Å². The Hall–Kier alpha value is -3.93. The van der Waals surface area contributed by atoms with Crippen molar-refractivity contribution in [3.63, 3.8) is 0 Å². The molecule has 3 aromatic carbocycles. The second kappa shape index (κ2) is 8.44. The number of rotatable bonds is 6. The maximum absolute atomic E-state index is 13.3. The normalized spacial score (nSPS) is 13.7. The third-order valence-corrected chi connectivity index (χ3v) is 5.10. The second-order valence-electron chi connectivity index (χ2n) is 7.30. The van der Waals surface area contributed by atoms with Crippen LogP contribution in [0.25, 0.3) is 5.57 Å². The molecule has 0 aliphatic carbocycles. The van der Waals surface area contributed by atoms with Gasteiger partial charge in [0, 0.05) is 11.8 Å². The highest BCUT2D eigenvalue weighted by Gasteiger charge is 2.39. The molecule has 0 atom stereocenters. The molecule has 0 aromatic heterocycles. The number of halogens is 1. The van der Waals surface area contributed by atoms with Crippen LogP contribution in [0.2, 0.25) is 0 Å². The number of hydrogen-bond donors (Lipinski definition) is 1. The molecule has 0 saturated carbocycles. The topological polar surface area (TPSA) is 58.6 Å². The number of ether oxygens (including phenoxy) is 1. The number of amides is 2. The van der Waals surface area contributed by atoms with E-state index in [-0.39, 0.29) is 18.1 Å². The van der Waals surface area contributed by atoms with Crippen molar-refractivity contribution in [3.8, 4) is 5.75 Å². The Kier molecular flexibility index (Phi) is 5.54. The fourth-order valence-corrected chi connectivity index (χ4v) is 3.44. The molecule has 1 aliphatic rings. The van der Waals surface area contributed by atoms with Crippen molar-refractivity contribution in [1.82, 2.24) is 4.90 Å². The minimum atomic E-state index is -0.437. The molecule has 0 fully saturated rings. The van der Waals surface area contributed by atoms with Gasteiger partial charge in [0.05, 0.1) is 19.2 Å². The molecule has 0 unspecified atom stereocenters. The number of nitrogens with zero attached hydrogens (tertiary/aromatic N) is 1. The predicted molar refractivity (Wildman–Crippen MR) is 117 cm³/mol. The molecule has 31 heavy (non-hydrogen) atoms. The van der Waals surface area contributed by atoms with Gasteiger partial charge >= 0.3 is 0 Å². The molecule has 0 saturated heterocycles. The fourth-order valence-electron chi connectivity index (χ4n) is 3.44. The Balaban J connectivity index is 1.73. The molecular weight excluding hydrogens is 395 g/mol. The zero-order valence-electron chi connectivity index (χ0n) is 17.2. The second-order valence-corrected chi connectivity index (χ2v) is 7.30. The van der Waals surface area contributed by atoms with Crippen LogP contribution < -0.4 is 10.1 Å². The monoisotopic (exact) mass is 416 g/mol. The average Bonchev–Trinajstić information content (AvgIpc) is 3.00. The number of aryl methyl sites for hydroxylation is 1. The smallest absolute Gasteiger partial charge is 0.278 e. The van der Waals surface area contributed by atoms with E-state index in [1.807, 2.05) is 31.2 Å². The van der Waals surface area contributed by atoms with Crippen molar-refractivity contribution in [2.45, 2.75) is 13.5 Å². The van der Waals surface area contributed by atoms with E-state index in [0.29, 0.717) is 28.1 Å². The van der Waals surface area contributed by atoms with Crippen molar-refractivity contribution in [2.75, 3.05) is 12.4 Å². The Labute approximate surface area is 179 Å². The lowest BCUT2D eigenvalue weighted by atomic mass is 10.0. The summed E-state index contributed by atoms with van der Waals surface area (Å²) in [6, 6.07) is 20.3. The van der Waals surface area contributed by atoms with Gasteiger partial charge in [0.25, 0.3) is 11.8 Å². The number of benzene rings is 3. The highest BCUT2D eigenvalue weighted by molar-refractivity contribution is 6.36. The van der Waals surface area contributed by atoms with Crippen LogP contribution in [-0.4, -0.2) is 23.8 Å². The van der Waals surface area contributed by atoms with Gasteiger partial charge in [0.2, 0.25) is 0 Å². The van der Waals surface area contributed by atoms with Crippen molar-refractivity contribution >= 4 is 23.1 Å². The first kappa shape index (κ1) is 20.3. The number of carbonyl (C=O) groups excluding carboxylic acids is 2. The zero-order chi connectivity index (χ0) is 22.0. The van der Waals surface area contributed by atoms with E-state index in [0.717, 1.165) is 5.56 Å². The van der Waals surface area contributed by atoms with Crippen LogP contribution in [-0.2, 0) is 16.1 Å². The van der Waals surface area contributed by atoms with E-state index < -0.39 is 11.8 Å². The van der Waals surface area contributed by atoms with Crippen LogP contribution in [0.5, 0.6) is 5.75 Å². The standard InChI is InChI=1S/C25H21FN2O3/c1-16-6-10-18(11-7-16)22-23(27-20-4-3-5-21(14-20)31-2)25(30)28(24(22)29)15-17-8-12-19(26)13-9-17/h3-14,27H,15H2,1-2H3. The van der Waals surface area contributed by atoms with E-state index in [2.05, 4.69) is 5.32 Å². The zero-order valence-corrected chi connectivity index (χ0v) is 17.2. The Morgan fingerprint density at radius 3 is 2.32 bits per heavy atom. The maximum Gasteiger partial charge on any atom is 0.278 e. The van der Waals surface area contributed by atoms with Gasteiger partial charge in [0.15, 0.2) is 0 Å². The lowest BCUT2D eigenvalue weighted by Gasteiger charge is -2.15. The lowest BCUT2D eigenvalue weighted by molar-refractivity contribution is -0.137. The number of carbonyl (C=O) groups is 2.